The largest absolute Gasteiger partial charge is 0.271 e. The van der Waals surface area contributed by atoms with Crippen molar-refractivity contribution in [2.24, 2.45) is 17.7 Å². The third-order valence-electron chi connectivity index (χ3n) is 4.37. The Labute approximate surface area is 129 Å². The van der Waals surface area contributed by atoms with E-state index in [1.807, 2.05) is 12.1 Å². The van der Waals surface area contributed by atoms with E-state index in [1.54, 1.807) is 0 Å². The van der Waals surface area contributed by atoms with Crippen LogP contribution in [0.4, 0.5) is 0 Å². The summed E-state index contributed by atoms with van der Waals surface area (Å²) in [6.45, 7) is 2.28. The van der Waals surface area contributed by atoms with Crippen molar-refractivity contribution < 1.29 is 0 Å². The predicted molar refractivity (Wildman–Crippen MR) is 85.0 cm³/mol. The minimum atomic E-state index is 0.152. The van der Waals surface area contributed by atoms with Gasteiger partial charge in [0.15, 0.2) is 0 Å². The standard InChI is InChI=1S/C15H22BrClN2/c1-2-10-5-3-6-11(9-10)15(19-18)12-7-4-8-13(16)14(12)17/h4,7-8,10-11,15,19H,2-3,5-6,9,18H2,1H3. The Morgan fingerprint density at radius 3 is 2.95 bits per heavy atom. The van der Waals surface area contributed by atoms with Gasteiger partial charge in [-0.15, -0.1) is 0 Å². The van der Waals surface area contributed by atoms with Crippen LogP contribution in [-0.2, 0) is 0 Å². The van der Waals surface area contributed by atoms with Crippen molar-refractivity contribution in [2.45, 2.75) is 45.1 Å². The molecule has 1 fully saturated rings. The smallest absolute Gasteiger partial charge is 0.0596 e. The summed E-state index contributed by atoms with van der Waals surface area (Å²) in [5.74, 6) is 7.23. The van der Waals surface area contributed by atoms with E-state index in [0.29, 0.717) is 5.92 Å². The molecule has 106 valence electrons. The summed E-state index contributed by atoms with van der Waals surface area (Å²) in [4.78, 5) is 0. The molecule has 1 saturated carbocycles. The van der Waals surface area contributed by atoms with Gasteiger partial charge in [-0.05, 0) is 52.2 Å². The lowest BCUT2D eigenvalue weighted by atomic mass is 9.75. The molecule has 0 bridgehead atoms. The summed E-state index contributed by atoms with van der Waals surface area (Å²) < 4.78 is 0.940. The maximum atomic E-state index is 6.41. The molecule has 2 rings (SSSR count). The molecule has 0 spiro atoms. The topological polar surface area (TPSA) is 38.0 Å². The van der Waals surface area contributed by atoms with Crippen LogP contribution in [0, 0.1) is 11.8 Å². The lowest BCUT2D eigenvalue weighted by molar-refractivity contribution is 0.210. The first-order chi connectivity index (χ1) is 9.17. The minimum absolute atomic E-state index is 0.152. The van der Waals surface area contributed by atoms with Crippen molar-refractivity contribution in [1.82, 2.24) is 5.43 Å². The average Bonchev–Trinajstić information content (AvgIpc) is 2.44. The monoisotopic (exact) mass is 344 g/mol. The van der Waals surface area contributed by atoms with Gasteiger partial charge in [0, 0.05) is 4.47 Å². The Morgan fingerprint density at radius 2 is 2.26 bits per heavy atom. The Balaban J connectivity index is 2.21. The van der Waals surface area contributed by atoms with Gasteiger partial charge in [0.05, 0.1) is 11.1 Å². The molecule has 3 atom stereocenters. The fourth-order valence-electron chi connectivity index (χ4n) is 3.25. The van der Waals surface area contributed by atoms with Crippen LogP contribution in [-0.4, -0.2) is 0 Å². The zero-order valence-electron chi connectivity index (χ0n) is 11.3. The van der Waals surface area contributed by atoms with Crippen LogP contribution in [0.25, 0.3) is 0 Å². The van der Waals surface area contributed by atoms with Crippen LogP contribution in [0.5, 0.6) is 0 Å². The van der Waals surface area contributed by atoms with Gasteiger partial charge < -0.3 is 0 Å². The van der Waals surface area contributed by atoms with Crippen molar-refractivity contribution in [3.05, 3.63) is 33.3 Å². The predicted octanol–water partition coefficient (Wildman–Crippen LogP) is 4.82. The molecule has 2 nitrogen and oxygen atoms in total. The fraction of sp³-hybridized carbons (Fsp3) is 0.600. The Morgan fingerprint density at radius 1 is 1.47 bits per heavy atom. The summed E-state index contributed by atoms with van der Waals surface area (Å²) in [6, 6.07) is 6.22. The highest BCUT2D eigenvalue weighted by molar-refractivity contribution is 9.10. The van der Waals surface area contributed by atoms with Crippen molar-refractivity contribution in [3.8, 4) is 0 Å². The molecule has 0 aliphatic heterocycles. The van der Waals surface area contributed by atoms with Crippen LogP contribution in [0.3, 0.4) is 0 Å². The number of benzene rings is 1. The zero-order valence-corrected chi connectivity index (χ0v) is 13.7. The number of hydrazine groups is 1. The first-order valence-electron chi connectivity index (χ1n) is 7.07. The number of nitrogens with one attached hydrogen (secondary N) is 1. The van der Waals surface area contributed by atoms with E-state index in [0.717, 1.165) is 21.0 Å². The molecular formula is C15H22BrClN2. The summed E-state index contributed by atoms with van der Waals surface area (Å²) in [5, 5.41) is 0.782. The van der Waals surface area contributed by atoms with Gasteiger partial charge in [0.25, 0.3) is 0 Å². The summed E-state index contributed by atoms with van der Waals surface area (Å²) in [5.41, 5.74) is 4.11. The molecule has 1 aromatic carbocycles. The van der Waals surface area contributed by atoms with E-state index in [4.69, 9.17) is 17.4 Å². The first kappa shape index (κ1) is 15.3. The van der Waals surface area contributed by atoms with E-state index >= 15 is 0 Å². The van der Waals surface area contributed by atoms with Crippen LogP contribution in [0.2, 0.25) is 5.02 Å². The molecule has 0 radical (unpaired) electrons. The maximum absolute atomic E-state index is 6.41. The van der Waals surface area contributed by atoms with E-state index < -0.39 is 0 Å². The van der Waals surface area contributed by atoms with E-state index in [9.17, 15) is 0 Å². The lowest BCUT2D eigenvalue weighted by Gasteiger charge is -2.34. The number of hydrogen-bond acceptors (Lipinski definition) is 2. The summed E-state index contributed by atoms with van der Waals surface area (Å²) >= 11 is 9.91. The SMILES string of the molecule is CCC1CCCC(C(NN)c2cccc(Br)c2Cl)C1. The molecule has 0 amide bonds. The highest BCUT2D eigenvalue weighted by Crippen LogP contribution is 2.41. The second kappa shape index (κ2) is 7.07. The van der Waals surface area contributed by atoms with Crippen LogP contribution >= 0.6 is 27.5 Å². The summed E-state index contributed by atoms with van der Waals surface area (Å²) in [7, 11) is 0. The number of halogens is 2. The second-order valence-electron chi connectivity index (χ2n) is 5.49. The maximum Gasteiger partial charge on any atom is 0.0596 e. The molecule has 0 heterocycles. The average molecular weight is 346 g/mol. The second-order valence-corrected chi connectivity index (χ2v) is 6.72. The van der Waals surface area contributed by atoms with Crippen molar-refractivity contribution in [1.29, 1.82) is 0 Å². The zero-order chi connectivity index (χ0) is 13.8. The van der Waals surface area contributed by atoms with Gasteiger partial charge in [-0.1, -0.05) is 49.9 Å². The Bertz CT molecular complexity index is 425. The van der Waals surface area contributed by atoms with Crippen LogP contribution in [0.15, 0.2) is 22.7 Å². The van der Waals surface area contributed by atoms with Gasteiger partial charge in [-0.25, -0.2) is 0 Å². The first-order valence-corrected chi connectivity index (χ1v) is 8.24. The number of rotatable bonds is 4. The molecule has 4 heteroatoms. The van der Waals surface area contributed by atoms with Gasteiger partial charge in [0.1, 0.15) is 0 Å². The van der Waals surface area contributed by atoms with Gasteiger partial charge >= 0.3 is 0 Å². The molecule has 3 N–H and O–H groups in total. The minimum Gasteiger partial charge on any atom is -0.271 e. The quantitative estimate of drug-likeness (QED) is 0.606. The molecule has 0 saturated heterocycles. The van der Waals surface area contributed by atoms with Crippen molar-refractivity contribution in [3.63, 3.8) is 0 Å². The van der Waals surface area contributed by atoms with E-state index in [-0.39, 0.29) is 6.04 Å². The van der Waals surface area contributed by atoms with Crippen LogP contribution < -0.4 is 11.3 Å². The molecule has 1 aliphatic rings. The normalized spacial score (nSPS) is 25.3. The van der Waals surface area contributed by atoms with Crippen molar-refractivity contribution in [2.75, 3.05) is 0 Å². The lowest BCUT2D eigenvalue weighted by Crippen LogP contribution is -2.36. The van der Waals surface area contributed by atoms with Crippen LogP contribution in [0.1, 0.15) is 50.6 Å². The molecular weight excluding hydrogens is 324 g/mol. The fourth-order valence-corrected chi connectivity index (χ4v) is 3.87. The van der Waals surface area contributed by atoms with Gasteiger partial charge in [0.2, 0.25) is 0 Å². The van der Waals surface area contributed by atoms with E-state index in [2.05, 4.69) is 34.3 Å². The number of nitrogens with two attached hydrogens (primary N) is 1. The van der Waals surface area contributed by atoms with Gasteiger partial charge in [-0.2, -0.15) is 0 Å². The number of hydrogen-bond donors (Lipinski definition) is 2. The Kier molecular flexibility index (Phi) is 5.70. The van der Waals surface area contributed by atoms with Gasteiger partial charge in [-0.3, -0.25) is 11.3 Å². The molecule has 0 aromatic heterocycles. The molecule has 3 unspecified atom stereocenters. The Hall–Kier alpha value is -0.0900. The third kappa shape index (κ3) is 3.52. The van der Waals surface area contributed by atoms with E-state index in [1.165, 1.54) is 32.1 Å². The molecule has 19 heavy (non-hydrogen) atoms. The molecule has 1 aliphatic carbocycles. The molecule has 1 aromatic rings. The third-order valence-corrected chi connectivity index (χ3v) is 5.68. The van der Waals surface area contributed by atoms with Crippen molar-refractivity contribution >= 4 is 27.5 Å². The highest BCUT2D eigenvalue weighted by Gasteiger charge is 2.29. The summed E-state index contributed by atoms with van der Waals surface area (Å²) in [6.07, 6.45) is 6.39. The highest BCUT2D eigenvalue weighted by atomic mass is 79.9.